The fraction of sp³-hybridized carbons (Fsp3) is 0.111. The van der Waals surface area contributed by atoms with Crippen molar-refractivity contribution < 1.29 is 27.5 Å². The highest BCUT2D eigenvalue weighted by atomic mass is 79.9. The molecule has 0 aliphatic heterocycles. The van der Waals surface area contributed by atoms with Gasteiger partial charge in [-0.15, -0.1) is 0 Å². The quantitative estimate of drug-likeness (QED) is 0.523. The number of carbonyl (C=O) groups is 1. The molecule has 0 radical (unpaired) electrons. The van der Waals surface area contributed by atoms with Gasteiger partial charge in [0.25, 0.3) is 0 Å². The minimum Gasteiger partial charge on any atom is -0.478 e. The Balaban J connectivity index is 2.39. The van der Waals surface area contributed by atoms with Gasteiger partial charge in [-0.05, 0) is 46.6 Å². The Morgan fingerprint density at radius 2 is 1.88 bits per heavy atom. The second-order valence-corrected chi connectivity index (χ2v) is 6.46. The Morgan fingerprint density at radius 1 is 1.19 bits per heavy atom. The van der Waals surface area contributed by atoms with Gasteiger partial charge in [0.1, 0.15) is 5.52 Å². The van der Waals surface area contributed by atoms with Gasteiger partial charge >= 0.3 is 12.1 Å². The minimum atomic E-state index is -4.56. The minimum absolute atomic E-state index is 0.0157. The van der Waals surface area contributed by atoms with Crippen LogP contribution < -0.4 is 0 Å². The topological polar surface area (TPSA) is 50.2 Å². The van der Waals surface area contributed by atoms with Crippen molar-refractivity contribution >= 4 is 32.8 Å². The molecule has 1 heterocycles. The number of pyridine rings is 1. The SMILES string of the molecule is Cc1c(-c2cccc(C(F)(F)F)c2)nc2c(F)c(Br)ccc2c1C(=O)O. The van der Waals surface area contributed by atoms with Crippen LogP contribution in [-0.4, -0.2) is 16.1 Å². The molecule has 3 rings (SSSR count). The van der Waals surface area contributed by atoms with E-state index < -0.39 is 23.5 Å². The smallest absolute Gasteiger partial charge is 0.416 e. The molecule has 8 heteroatoms. The van der Waals surface area contributed by atoms with Crippen molar-refractivity contribution in [2.75, 3.05) is 0 Å². The number of aromatic nitrogens is 1. The zero-order chi connectivity index (χ0) is 19.2. The Bertz CT molecular complexity index is 1050. The molecule has 0 amide bonds. The molecule has 1 aromatic heterocycles. The highest BCUT2D eigenvalue weighted by Crippen LogP contribution is 2.36. The first kappa shape index (κ1) is 18.3. The molecule has 0 spiro atoms. The normalized spacial score (nSPS) is 11.8. The van der Waals surface area contributed by atoms with Gasteiger partial charge in [-0.1, -0.05) is 18.2 Å². The van der Waals surface area contributed by atoms with Gasteiger partial charge in [-0.25, -0.2) is 14.2 Å². The molecule has 3 nitrogen and oxygen atoms in total. The molecule has 0 atom stereocenters. The first-order valence-corrected chi connectivity index (χ1v) is 8.09. The first-order chi connectivity index (χ1) is 12.1. The molecule has 0 saturated heterocycles. The molecule has 3 aromatic rings. The van der Waals surface area contributed by atoms with E-state index in [-0.39, 0.29) is 37.8 Å². The lowest BCUT2D eigenvalue weighted by atomic mass is 9.96. The third-order valence-corrected chi connectivity index (χ3v) is 4.58. The number of carboxylic acids is 1. The maximum atomic E-state index is 14.5. The van der Waals surface area contributed by atoms with Crippen molar-refractivity contribution in [1.82, 2.24) is 4.98 Å². The monoisotopic (exact) mass is 427 g/mol. The van der Waals surface area contributed by atoms with E-state index in [1.54, 1.807) is 0 Å². The van der Waals surface area contributed by atoms with Crippen molar-refractivity contribution in [2.45, 2.75) is 13.1 Å². The predicted octanol–water partition coefficient (Wildman–Crippen LogP) is 5.83. The van der Waals surface area contributed by atoms with Crippen LogP contribution in [0.25, 0.3) is 22.2 Å². The number of rotatable bonds is 2. The van der Waals surface area contributed by atoms with Crippen molar-refractivity contribution in [2.24, 2.45) is 0 Å². The molecule has 1 N–H and O–H groups in total. The maximum absolute atomic E-state index is 14.5. The molecule has 0 bridgehead atoms. The van der Waals surface area contributed by atoms with Gasteiger partial charge in [-0.3, -0.25) is 0 Å². The van der Waals surface area contributed by atoms with Gasteiger partial charge in [-0.2, -0.15) is 13.2 Å². The second kappa shape index (κ2) is 6.35. The van der Waals surface area contributed by atoms with E-state index in [1.165, 1.54) is 31.2 Å². The Morgan fingerprint density at radius 3 is 2.50 bits per heavy atom. The third kappa shape index (κ3) is 3.05. The average molecular weight is 428 g/mol. The summed E-state index contributed by atoms with van der Waals surface area (Å²) in [5.74, 6) is -2.09. The van der Waals surface area contributed by atoms with E-state index in [2.05, 4.69) is 20.9 Å². The van der Waals surface area contributed by atoms with Crippen LogP contribution in [0.2, 0.25) is 0 Å². The fourth-order valence-corrected chi connectivity index (χ4v) is 3.09. The van der Waals surface area contributed by atoms with E-state index in [0.717, 1.165) is 12.1 Å². The molecule has 134 valence electrons. The van der Waals surface area contributed by atoms with E-state index in [9.17, 15) is 27.5 Å². The average Bonchev–Trinajstić information content (AvgIpc) is 2.57. The summed E-state index contributed by atoms with van der Waals surface area (Å²) in [6.45, 7) is 1.44. The number of alkyl halides is 3. The molecular weight excluding hydrogens is 418 g/mol. The van der Waals surface area contributed by atoms with Crippen LogP contribution in [0.15, 0.2) is 40.9 Å². The van der Waals surface area contributed by atoms with Crippen LogP contribution in [0.3, 0.4) is 0 Å². The van der Waals surface area contributed by atoms with E-state index >= 15 is 0 Å². The van der Waals surface area contributed by atoms with Crippen molar-refractivity contribution in [1.29, 1.82) is 0 Å². The van der Waals surface area contributed by atoms with Crippen molar-refractivity contribution in [3.8, 4) is 11.3 Å². The summed E-state index contributed by atoms with van der Waals surface area (Å²) in [4.78, 5) is 15.8. The zero-order valence-electron chi connectivity index (χ0n) is 13.2. The van der Waals surface area contributed by atoms with Crippen LogP contribution in [0.5, 0.6) is 0 Å². The lowest BCUT2D eigenvalue weighted by Crippen LogP contribution is -2.07. The van der Waals surface area contributed by atoms with Crippen LogP contribution in [-0.2, 0) is 6.18 Å². The van der Waals surface area contributed by atoms with E-state index in [0.29, 0.717) is 0 Å². The summed E-state index contributed by atoms with van der Waals surface area (Å²) in [7, 11) is 0. The number of halogens is 5. The van der Waals surface area contributed by atoms with Gasteiger partial charge in [0.05, 0.1) is 21.3 Å². The molecule has 0 aliphatic carbocycles. The standard InChI is InChI=1S/C18H10BrF4NO2/c1-8-13(17(25)26)11-5-6-12(19)14(20)16(11)24-15(8)9-3-2-4-10(7-9)18(21,22)23/h2-7H,1H3,(H,25,26). The van der Waals surface area contributed by atoms with Gasteiger partial charge in [0.2, 0.25) is 0 Å². The number of hydrogen-bond acceptors (Lipinski definition) is 2. The number of carboxylic acid groups (broad SMARTS) is 1. The van der Waals surface area contributed by atoms with Crippen LogP contribution >= 0.6 is 15.9 Å². The summed E-state index contributed by atoms with van der Waals surface area (Å²) in [5.41, 5.74) is -1.13. The van der Waals surface area contributed by atoms with Crippen LogP contribution in [0.1, 0.15) is 21.5 Å². The summed E-state index contributed by atoms with van der Waals surface area (Å²) in [5, 5.41) is 9.61. The van der Waals surface area contributed by atoms with E-state index in [4.69, 9.17) is 0 Å². The zero-order valence-corrected chi connectivity index (χ0v) is 14.7. The number of benzene rings is 2. The summed E-state index contributed by atoms with van der Waals surface area (Å²) >= 11 is 3.00. The molecule has 0 unspecified atom stereocenters. The lowest BCUT2D eigenvalue weighted by molar-refractivity contribution is -0.137. The predicted molar refractivity (Wildman–Crippen MR) is 91.5 cm³/mol. The largest absolute Gasteiger partial charge is 0.478 e. The number of fused-ring (bicyclic) bond motifs is 1. The lowest BCUT2D eigenvalue weighted by Gasteiger charge is -2.14. The summed E-state index contributed by atoms with van der Waals surface area (Å²) < 4.78 is 53.5. The molecule has 26 heavy (non-hydrogen) atoms. The summed E-state index contributed by atoms with van der Waals surface area (Å²) in [6, 6.07) is 7.09. The maximum Gasteiger partial charge on any atom is 0.416 e. The van der Waals surface area contributed by atoms with Crippen molar-refractivity contribution in [3.63, 3.8) is 0 Å². The van der Waals surface area contributed by atoms with Gasteiger partial charge in [0.15, 0.2) is 5.82 Å². The van der Waals surface area contributed by atoms with E-state index in [1.807, 2.05) is 0 Å². The van der Waals surface area contributed by atoms with Crippen LogP contribution in [0.4, 0.5) is 17.6 Å². The second-order valence-electron chi connectivity index (χ2n) is 5.60. The van der Waals surface area contributed by atoms with Crippen molar-refractivity contribution in [3.05, 3.63) is 63.4 Å². The number of aromatic carboxylic acids is 1. The number of hydrogen-bond donors (Lipinski definition) is 1. The fourth-order valence-electron chi connectivity index (χ4n) is 2.77. The molecule has 0 aliphatic rings. The first-order valence-electron chi connectivity index (χ1n) is 7.30. The Labute approximate surface area is 153 Å². The molecule has 0 saturated carbocycles. The van der Waals surface area contributed by atoms with Crippen LogP contribution in [0, 0.1) is 12.7 Å². The third-order valence-electron chi connectivity index (χ3n) is 3.97. The van der Waals surface area contributed by atoms with Gasteiger partial charge < -0.3 is 5.11 Å². The van der Waals surface area contributed by atoms with Gasteiger partial charge in [0, 0.05) is 10.9 Å². The molecular formula is C18H10BrF4NO2. The highest BCUT2D eigenvalue weighted by molar-refractivity contribution is 9.10. The number of nitrogens with zero attached hydrogens (tertiary/aromatic N) is 1. The molecule has 0 fully saturated rings. The highest BCUT2D eigenvalue weighted by Gasteiger charge is 2.31. The Kier molecular flexibility index (Phi) is 4.47. The molecule has 2 aromatic carbocycles. The Hall–Kier alpha value is -2.48. The summed E-state index contributed by atoms with van der Waals surface area (Å²) in [6.07, 6.45) is -4.56.